The van der Waals surface area contributed by atoms with Crippen molar-refractivity contribution >= 4 is 22.8 Å². The summed E-state index contributed by atoms with van der Waals surface area (Å²) in [7, 11) is 3.70. The molecule has 0 spiro atoms. The van der Waals surface area contributed by atoms with E-state index in [0.29, 0.717) is 5.69 Å². The molecule has 1 aliphatic heterocycles. The lowest BCUT2D eigenvalue weighted by Gasteiger charge is -2.37. The minimum absolute atomic E-state index is 0.0178. The van der Waals surface area contributed by atoms with E-state index in [0.717, 1.165) is 48.5 Å². The van der Waals surface area contributed by atoms with Gasteiger partial charge in [0.2, 0.25) is 0 Å². The molecule has 0 radical (unpaired) electrons. The van der Waals surface area contributed by atoms with Gasteiger partial charge in [-0.3, -0.25) is 9.48 Å². The molecule has 1 amide bonds. The quantitative estimate of drug-likeness (QED) is 0.714. The lowest BCUT2D eigenvalue weighted by molar-refractivity contribution is 0.0702. The van der Waals surface area contributed by atoms with Gasteiger partial charge in [-0.05, 0) is 38.0 Å². The summed E-state index contributed by atoms with van der Waals surface area (Å²) >= 11 is 0. The minimum Gasteiger partial charge on any atom is -0.355 e. The van der Waals surface area contributed by atoms with Crippen LogP contribution < -0.4 is 4.90 Å². The lowest BCUT2D eigenvalue weighted by atomic mass is 10.0. The number of anilines is 1. The van der Waals surface area contributed by atoms with Crippen LogP contribution in [0.2, 0.25) is 0 Å². The SMILES string of the molecule is Cc1nc2ccccc2nc1N1CCC(N(C)C(=O)c2ccn(C)n2)CC1. The molecule has 3 aromatic rings. The van der Waals surface area contributed by atoms with Crippen molar-refractivity contribution in [3.8, 4) is 0 Å². The van der Waals surface area contributed by atoms with Crippen molar-refractivity contribution in [2.24, 2.45) is 7.05 Å². The predicted octanol–water partition coefficient (Wildman–Crippen LogP) is 2.41. The number of para-hydroxylation sites is 2. The highest BCUT2D eigenvalue weighted by atomic mass is 16.2. The lowest BCUT2D eigenvalue weighted by Crippen LogP contribution is -2.46. The van der Waals surface area contributed by atoms with Gasteiger partial charge in [0.05, 0.1) is 16.7 Å². The summed E-state index contributed by atoms with van der Waals surface area (Å²) in [5.41, 5.74) is 3.29. The summed E-state index contributed by atoms with van der Waals surface area (Å²) in [6.07, 6.45) is 3.61. The van der Waals surface area contributed by atoms with Crippen molar-refractivity contribution in [3.05, 3.63) is 47.9 Å². The van der Waals surface area contributed by atoms with E-state index < -0.39 is 0 Å². The maximum atomic E-state index is 12.6. The Bertz CT molecular complexity index is 974. The monoisotopic (exact) mass is 364 g/mol. The van der Waals surface area contributed by atoms with E-state index in [1.807, 2.05) is 50.2 Å². The third-order valence-electron chi connectivity index (χ3n) is 5.28. The van der Waals surface area contributed by atoms with Crippen LogP contribution in [0.3, 0.4) is 0 Å². The van der Waals surface area contributed by atoms with Gasteiger partial charge in [-0.1, -0.05) is 12.1 Å². The first-order chi connectivity index (χ1) is 13.0. The van der Waals surface area contributed by atoms with Crippen molar-refractivity contribution in [3.63, 3.8) is 0 Å². The topological polar surface area (TPSA) is 67.2 Å². The van der Waals surface area contributed by atoms with E-state index >= 15 is 0 Å². The molecule has 0 N–H and O–H groups in total. The molecule has 140 valence electrons. The molecule has 7 nitrogen and oxygen atoms in total. The van der Waals surface area contributed by atoms with Gasteiger partial charge in [0, 0.05) is 39.4 Å². The normalized spacial score (nSPS) is 15.3. The molecule has 0 saturated carbocycles. The molecule has 3 heterocycles. The molecule has 0 bridgehead atoms. The second kappa shape index (κ2) is 6.98. The van der Waals surface area contributed by atoms with Crippen LogP contribution in [0.15, 0.2) is 36.5 Å². The van der Waals surface area contributed by atoms with Crippen LogP contribution in [-0.4, -0.2) is 56.7 Å². The number of piperidine rings is 1. The first kappa shape index (κ1) is 17.5. The van der Waals surface area contributed by atoms with E-state index in [9.17, 15) is 4.79 Å². The number of aromatic nitrogens is 4. The molecule has 1 saturated heterocycles. The third-order valence-corrected chi connectivity index (χ3v) is 5.28. The summed E-state index contributed by atoms with van der Waals surface area (Å²) < 4.78 is 1.66. The van der Waals surface area contributed by atoms with Crippen LogP contribution in [0, 0.1) is 6.92 Å². The van der Waals surface area contributed by atoms with Crippen molar-refractivity contribution in [1.82, 2.24) is 24.6 Å². The first-order valence-electron chi connectivity index (χ1n) is 9.28. The van der Waals surface area contributed by atoms with E-state index in [2.05, 4.69) is 10.00 Å². The molecule has 7 heteroatoms. The number of rotatable bonds is 3. The Hall–Kier alpha value is -2.96. The highest BCUT2D eigenvalue weighted by Gasteiger charge is 2.28. The van der Waals surface area contributed by atoms with Crippen molar-refractivity contribution in [2.45, 2.75) is 25.8 Å². The van der Waals surface area contributed by atoms with Crippen LogP contribution in [0.4, 0.5) is 5.82 Å². The van der Waals surface area contributed by atoms with Crippen LogP contribution in [0.5, 0.6) is 0 Å². The molecule has 4 rings (SSSR count). The number of fused-ring (bicyclic) bond motifs is 1. The standard InChI is InChI=1S/C20H24N6O/c1-14-19(22-17-7-5-4-6-16(17)21-14)26-12-8-15(9-13-26)25(3)20(27)18-10-11-24(2)23-18/h4-7,10-11,15H,8-9,12-13H2,1-3H3. The Morgan fingerprint density at radius 2 is 1.78 bits per heavy atom. The summed E-state index contributed by atoms with van der Waals surface area (Å²) in [4.78, 5) is 26.3. The van der Waals surface area contributed by atoms with E-state index in [4.69, 9.17) is 9.97 Å². The zero-order valence-electron chi connectivity index (χ0n) is 16.0. The van der Waals surface area contributed by atoms with Gasteiger partial charge in [0.1, 0.15) is 5.69 Å². The Morgan fingerprint density at radius 1 is 1.11 bits per heavy atom. The number of hydrogen-bond acceptors (Lipinski definition) is 5. The van der Waals surface area contributed by atoms with Crippen LogP contribution >= 0.6 is 0 Å². The number of hydrogen-bond donors (Lipinski definition) is 0. The van der Waals surface area contributed by atoms with Gasteiger partial charge in [0.25, 0.3) is 5.91 Å². The molecule has 0 atom stereocenters. The molecular formula is C20H24N6O. The molecule has 1 fully saturated rings. The fourth-order valence-corrected chi connectivity index (χ4v) is 3.72. The Labute approximate surface area is 158 Å². The van der Waals surface area contributed by atoms with Gasteiger partial charge in [-0.2, -0.15) is 5.10 Å². The fraction of sp³-hybridized carbons (Fsp3) is 0.400. The minimum atomic E-state index is -0.0178. The number of benzene rings is 1. The zero-order chi connectivity index (χ0) is 19.0. The first-order valence-corrected chi connectivity index (χ1v) is 9.28. The van der Waals surface area contributed by atoms with E-state index in [1.54, 1.807) is 16.9 Å². The predicted molar refractivity (Wildman–Crippen MR) is 105 cm³/mol. The largest absolute Gasteiger partial charge is 0.355 e. The number of carbonyl (C=O) groups excluding carboxylic acids is 1. The van der Waals surface area contributed by atoms with E-state index in [1.165, 1.54) is 0 Å². The summed E-state index contributed by atoms with van der Waals surface area (Å²) in [6, 6.07) is 9.93. The molecule has 2 aromatic heterocycles. The van der Waals surface area contributed by atoms with Crippen LogP contribution in [-0.2, 0) is 7.05 Å². The maximum absolute atomic E-state index is 12.6. The van der Waals surface area contributed by atoms with Gasteiger partial charge >= 0.3 is 0 Å². The highest BCUT2D eigenvalue weighted by Crippen LogP contribution is 2.25. The smallest absolute Gasteiger partial charge is 0.274 e. The zero-order valence-corrected chi connectivity index (χ0v) is 16.0. The van der Waals surface area contributed by atoms with Crippen molar-refractivity contribution < 1.29 is 4.79 Å². The van der Waals surface area contributed by atoms with Gasteiger partial charge in [-0.25, -0.2) is 9.97 Å². The second-order valence-electron chi connectivity index (χ2n) is 7.13. The Morgan fingerprint density at radius 3 is 2.41 bits per heavy atom. The Kier molecular flexibility index (Phi) is 4.51. The summed E-state index contributed by atoms with van der Waals surface area (Å²) in [6.45, 7) is 3.73. The molecular weight excluding hydrogens is 340 g/mol. The highest BCUT2D eigenvalue weighted by molar-refractivity contribution is 5.92. The average Bonchev–Trinajstić information content (AvgIpc) is 3.13. The summed E-state index contributed by atoms with van der Waals surface area (Å²) in [5, 5.41) is 4.23. The second-order valence-corrected chi connectivity index (χ2v) is 7.13. The van der Waals surface area contributed by atoms with Gasteiger partial charge in [-0.15, -0.1) is 0 Å². The molecule has 1 aromatic carbocycles. The molecule has 27 heavy (non-hydrogen) atoms. The van der Waals surface area contributed by atoms with Crippen LogP contribution in [0.1, 0.15) is 29.0 Å². The molecule has 0 unspecified atom stereocenters. The third kappa shape index (κ3) is 3.37. The van der Waals surface area contributed by atoms with Gasteiger partial charge in [0.15, 0.2) is 5.82 Å². The van der Waals surface area contributed by atoms with Gasteiger partial charge < -0.3 is 9.80 Å². The molecule has 0 aliphatic carbocycles. The fourth-order valence-electron chi connectivity index (χ4n) is 3.72. The Balaban J connectivity index is 1.46. The van der Waals surface area contributed by atoms with Crippen molar-refractivity contribution in [2.75, 3.05) is 25.0 Å². The number of nitrogens with zero attached hydrogens (tertiary/aromatic N) is 6. The van der Waals surface area contributed by atoms with E-state index in [-0.39, 0.29) is 11.9 Å². The maximum Gasteiger partial charge on any atom is 0.274 e. The average molecular weight is 364 g/mol. The van der Waals surface area contributed by atoms with Crippen molar-refractivity contribution in [1.29, 1.82) is 0 Å². The number of aryl methyl sites for hydroxylation is 2. The number of carbonyl (C=O) groups is 1. The van der Waals surface area contributed by atoms with Crippen LogP contribution in [0.25, 0.3) is 11.0 Å². The summed E-state index contributed by atoms with van der Waals surface area (Å²) in [5.74, 6) is 0.932. The number of amides is 1. The molecule has 1 aliphatic rings.